The van der Waals surface area contributed by atoms with E-state index in [4.69, 9.17) is 16.7 Å². The molecule has 0 radical (unpaired) electrons. The summed E-state index contributed by atoms with van der Waals surface area (Å²) >= 11 is 5.85. The Labute approximate surface area is 108 Å². The number of H-pyrrole nitrogens is 1. The van der Waals surface area contributed by atoms with Gasteiger partial charge in [0.2, 0.25) is 0 Å². The van der Waals surface area contributed by atoms with Crippen LogP contribution in [0.1, 0.15) is 12.0 Å². The Morgan fingerprint density at radius 3 is 2.89 bits per heavy atom. The van der Waals surface area contributed by atoms with Gasteiger partial charge in [-0.15, -0.1) is 0 Å². The summed E-state index contributed by atoms with van der Waals surface area (Å²) in [5.41, 5.74) is 0.810. The molecule has 2 N–H and O–H groups in total. The van der Waals surface area contributed by atoms with Crippen molar-refractivity contribution in [3.63, 3.8) is 0 Å². The Kier molecular flexibility index (Phi) is 3.53. The summed E-state index contributed by atoms with van der Waals surface area (Å²) in [6.07, 6.45) is 1.66. The Morgan fingerprint density at radius 1 is 1.44 bits per heavy atom. The molecule has 0 aliphatic rings. The fourth-order valence-corrected chi connectivity index (χ4v) is 1.82. The van der Waals surface area contributed by atoms with E-state index in [0.717, 1.165) is 0 Å². The van der Waals surface area contributed by atoms with Crippen molar-refractivity contribution in [3.05, 3.63) is 51.4 Å². The third kappa shape index (κ3) is 2.62. The van der Waals surface area contributed by atoms with E-state index in [2.05, 4.69) is 5.10 Å². The minimum atomic E-state index is -0.926. The number of aliphatic carboxylic acids is 1. The van der Waals surface area contributed by atoms with Gasteiger partial charge in [-0.3, -0.25) is 14.7 Å². The third-order valence-electron chi connectivity index (χ3n) is 2.52. The smallest absolute Gasteiger partial charge is 0.303 e. The van der Waals surface area contributed by atoms with Crippen molar-refractivity contribution in [1.29, 1.82) is 0 Å². The molecule has 1 aromatic carbocycles. The van der Waals surface area contributed by atoms with Crippen molar-refractivity contribution < 1.29 is 9.90 Å². The first-order chi connectivity index (χ1) is 8.58. The lowest BCUT2D eigenvalue weighted by Gasteiger charge is -2.01. The molecule has 2 rings (SSSR count). The number of aromatic nitrogens is 2. The van der Waals surface area contributed by atoms with E-state index in [0.29, 0.717) is 16.3 Å². The van der Waals surface area contributed by atoms with Crippen LogP contribution in [0, 0.1) is 0 Å². The normalized spacial score (nSPS) is 10.5. The highest BCUT2D eigenvalue weighted by Gasteiger charge is 2.09. The second-order valence-electron chi connectivity index (χ2n) is 3.81. The number of benzene rings is 1. The molecule has 0 saturated carbocycles. The lowest BCUT2D eigenvalue weighted by molar-refractivity contribution is -0.136. The maximum atomic E-state index is 12.0. The van der Waals surface area contributed by atoms with Crippen LogP contribution in [0.5, 0.6) is 0 Å². The van der Waals surface area contributed by atoms with Crippen LogP contribution in [0.4, 0.5) is 0 Å². The second kappa shape index (κ2) is 5.10. The van der Waals surface area contributed by atoms with Gasteiger partial charge in [0.25, 0.3) is 5.56 Å². The predicted molar refractivity (Wildman–Crippen MR) is 67.4 cm³/mol. The van der Waals surface area contributed by atoms with Gasteiger partial charge in [-0.05, 0) is 24.6 Å². The first-order valence-corrected chi connectivity index (χ1v) is 5.73. The minimum Gasteiger partial charge on any atom is -0.481 e. The van der Waals surface area contributed by atoms with E-state index in [-0.39, 0.29) is 18.4 Å². The molecule has 6 heteroatoms. The number of aromatic amines is 1. The molecule has 2 aromatic rings. The highest BCUT2D eigenvalue weighted by molar-refractivity contribution is 6.30. The molecule has 0 saturated heterocycles. The summed E-state index contributed by atoms with van der Waals surface area (Å²) < 4.78 is 1.34. The molecule has 0 amide bonds. The van der Waals surface area contributed by atoms with E-state index in [1.54, 1.807) is 24.3 Å². The number of halogens is 1. The molecular weight excluding hydrogens is 256 g/mol. The Bertz CT molecular complexity index is 630. The Morgan fingerprint density at radius 2 is 2.22 bits per heavy atom. The van der Waals surface area contributed by atoms with Crippen LogP contribution in [0.15, 0.2) is 35.3 Å². The summed E-state index contributed by atoms with van der Waals surface area (Å²) in [7, 11) is 0. The van der Waals surface area contributed by atoms with Gasteiger partial charge < -0.3 is 5.11 Å². The van der Waals surface area contributed by atoms with Crippen molar-refractivity contribution in [2.45, 2.75) is 12.8 Å². The molecule has 1 heterocycles. The standard InChI is InChI=1S/C12H11ClN2O3/c13-9-2-1-3-10(6-9)15-12(18)8(7-14-15)4-5-11(16)17/h1-3,6-7,14H,4-5H2,(H,16,17). The zero-order valence-electron chi connectivity index (χ0n) is 9.39. The van der Waals surface area contributed by atoms with Crippen LogP contribution in [-0.4, -0.2) is 20.9 Å². The first-order valence-electron chi connectivity index (χ1n) is 5.35. The average Bonchev–Trinajstić information content (AvgIpc) is 2.68. The van der Waals surface area contributed by atoms with Crippen LogP contribution in [0.2, 0.25) is 5.02 Å². The number of aryl methyl sites for hydroxylation is 1. The summed E-state index contributed by atoms with van der Waals surface area (Å²) in [6, 6.07) is 6.84. The van der Waals surface area contributed by atoms with E-state index < -0.39 is 5.97 Å². The molecule has 0 bridgehead atoms. The van der Waals surface area contributed by atoms with E-state index >= 15 is 0 Å². The van der Waals surface area contributed by atoms with Gasteiger partial charge >= 0.3 is 5.97 Å². The van der Waals surface area contributed by atoms with Gasteiger partial charge in [0.1, 0.15) is 0 Å². The molecule has 0 fully saturated rings. The van der Waals surface area contributed by atoms with E-state index in [1.807, 2.05) is 0 Å². The van der Waals surface area contributed by atoms with E-state index in [1.165, 1.54) is 10.9 Å². The van der Waals surface area contributed by atoms with Crippen LogP contribution >= 0.6 is 11.6 Å². The highest BCUT2D eigenvalue weighted by Crippen LogP contribution is 2.13. The number of nitrogens with zero attached hydrogens (tertiary/aromatic N) is 1. The van der Waals surface area contributed by atoms with Crippen LogP contribution in [0.25, 0.3) is 5.69 Å². The van der Waals surface area contributed by atoms with Gasteiger partial charge in [0, 0.05) is 23.2 Å². The quantitative estimate of drug-likeness (QED) is 0.887. The van der Waals surface area contributed by atoms with Gasteiger partial charge in [-0.25, -0.2) is 4.68 Å². The van der Waals surface area contributed by atoms with Gasteiger partial charge in [0.15, 0.2) is 0 Å². The maximum absolute atomic E-state index is 12.0. The van der Waals surface area contributed by atoms with Crippen LogP contribution in [0.3, 0.4) is 0 Å². The lowest BCUT2D eigenvalue weighted by atomic mass is 10.2. The lowest BCUT2D eigenvalue weighted by Crippen LogP contribution is -2.17. The molecule has 18 heavy (non-hydrogen) atoms. The molecule has 0 atom stereocenters. The van der Waals surface area contributed by atoms with Gasteiger partial charge in [-0.1, -0.05) is 17.7 Å². The molecule has 0 unspecified atom stereocenters. The summed E-state index contributed by atoms with van der Waals surface area (Å²) in [4.78, 5) is 22.5. The second-order valence-corrected chi connectivity index (χ2v) is 4.25. The molecule has 0 spiro atoms. The van der Waals surface area contributed by atoms with Gasteiger partial charge in [0.05, 0.1) is 5.69 Å². The predicted octanol–water partition coefficient (Wildman–Crippen LogP) is 1.84. The molecule has 0 aliphatic carbocycles. The van der Waals surface area contributed by atoms with Crippen LogP contribution < -0.4 is 5.56 Å². The molecule has 5 nitrogen and oxygen atoms in total. The van der Waals surface area contributed by atoms with Crippen molar-refractivity contribution in [2.75, 3.05) is 0 Å². The molecule has 1 aromatic heterocycles. The SMILES string of the molecule is O=C(O)CCc1c[nH]n(-c2cccc(Cl)c2)c1=O. The van der Waals surface area contributed by atoms with Crippen molar-refractivity contribution in [1.82, 2.24) is 9.78 Å². The van der Waals surface area contributed by atoms with Crippen molar-refractivity contribution in [3.8, 4) is 5.69 Å². The minimum absolute atomic E-state index is 0.0668. The Balaban J connectivity index is 2.31. The zero-order valence-corrected chi connectivity index (χ0v) is 10.1. The fraction of sp³-hybridized carbons (Fsp3) is 0.167. The molecule has 94 valence electrons. The highest BCUT2D eigenvalue weighted by atomic mass is 35.5. The zero-order chi connectivity index (χ0) is 13.1. The Hall–Kier alpha value is -2.01. The number of hydrogen-bond donors (Lipinski definition) is 2. The summed E-state index contributed by atoms with van der Waals surface area (Å²) in [6.45, 7) is 0. The number of carboxylic acids is 1. The van der Waals surface area contributed by atoms with Crippen molar-refractivity contribution >= 4 is 17.6 Å². The number of carbonyl (C=O) groups is 1. The van der Waals surface area contributed by atoms with E-state index in [9.17, 15) is 9.59 Å². The maximum Gasteiger partial charge on any atom is 0.303 e. The number of rotatable bonds is 4. The summed E-state index contributed by atoms with van der Waals surface area (Å²) in [5.74, 6) is -0.926. The topological polar surface area (TPSA) is 75.1 Å². The largest absolute Gasteiger partial charge is 0.481 e. The van der Waals surface area contributed by atoms with Crippen molar-refractivity contribution in [2.24, 2.45) is 0 Å². The molecular formula is C12H11ClN2O3. The number of nitrogens with one attached hydrogen (secondary N) is 1. The number of hydrogen-bond acceptors (Lipinski definition) is 2. The fourth-order valence-electron chi connectivity index (χ4n) is 1.63. The molecule has 0 aliphatic heterocycles. The monoisotopic (exact) mass is 266 g/mol. The average molecular weight is 267 g/mol. The first kappa shape index (κ1) is 12.4. The number of carboxylic acid groups (broad SMARTS) is 1. The van der Waals surface area contributed by atoms with Gasteiger partial charge in [-0.2, -0.15) is 0 Å². The summed E-state index contributed by atoms with van der Waals surface area (Å²) in [5, 5.41) is 11.9. The van der Waals surface area contributed by atoms with Crippen LogP contribution in [-0.2, 0) is 11.2 Å². The third-order valence-corrected chi connectivity index (χ3v) is 2.76.